The maximum absolute atomic E-state index is 13.6. The summed E-state index contributed by atoms with van der Waals surface area (Å²) in [6.07, 6.45) is 1.69. The van der Waals surface area contributed by atoms with Crippen LogP contribution < -0.4 is 5.32 Å². The highest BCUT2D eigenvalue weighted by molar-refractivity contribution is 5.74. The zero-order valence-corrected chi connectivity index (χ0v) is 13.2. The molecule has 0 saturated heterocycles. The van der Waals surface area contributed by atoms with E-state index in [-0.39, 0.29) is 11.9 Å². The first-order valence-corrected chi connectivity index (χ1v) is 7.82. The molecule has 0 heterocycles. The van der Waals surface area contributed by atoms with E-state index in [0.29, 0.717) is 24.8 Å². The number of aryl methyl sites for hydroxylation is 1. The zero-order valence-electron chi connectivity index (χ0n) is 13.2. The van der Waals surface area contributed by atoms with Crippen LogP contribution in [0.1, 0.15) is 24.5 Å². The molecule has 2 atom stereocenters. The fourth-order valence-corrected chi connectivity index (χ4v) is 2.57. The molecule has 0 spiro atoms. The van der Waals surface area contributed by atoms with Crippen molar-refractivity contribution in [3.8, 4) is 0 Å². The van der Waals surface area contributed by atoms with Crippen molar-refractivity contribution in [2.45, 2.75) is 38.3 Å². The molecule has 2 rings (SSSR count). The van der Waals surface area contributed by atoms with E-state index >= 15 is 0 Å². The van der Waals surface area contributed by atoms with Crippen LogP contribution in [0.3, 0.4) is 0 Å². The van der Waals surface area contributed by atoms with E-state index in [2.05, 4.69) is 5.32 Å². The molecule has 0 amide bonds. The minimum Gasteiger partial charge on any atom is -0.480 e. The third-order valence-electron chi connectivity index (χ3n) is 3.87. The standard InChI is InChI=1S/C19H22FNO2/c1-14(11-12-16-9-5-6-10-17(16)20)21-18(19(22)23)13-15-7-3-2-4-8-15/h2-10,14,18,21H,11-13H2,1H3,(H,22,23)/t14?,18-/m1/s1. The Balaban J connectivity index is 1.89. The fraction of sp³-hybridized carbons (Fsp3) is 0.316. The number of nitrogens with one attached hydrogen (secondary N) is 1. The normalized spacial score (nSPS) is 13.5. The van der Waals surface area contributed by atoms with Crippen molar-refractivity contribution in [3.63, 3.8) is 0 Å². The number of carboxylic acids is 1. The maximum Gasteiger partial charge on any atom is 0.321 e. The van der Waals surface area contributed by atoms with Crippen molar-refractivity contribution in [3.05, 3.63) is 71.5 Å². The molecule has 2 N–H and O–H groups in total. The largest absolute Gasteiger partial charge is 0.480 e. The van der Waals surface area contributed by atoms with Crippen LogP contribution in [0.25, 0.3) is 0 Å². The van der Waals surface area contributed by atoms with Crippen molar-refractivity contribution < 1.29 is 14.3 Å². The highest BCUT2D eigenvalue weighted by Gasteiger charge is 2.20. The van der Waals surface area contributed by atoms with Crippen molar-refractivity contribution >= 4 is 5.97 Å². The molecule has 23 heavy (non-hydrogen) atoms. The number of carbonyl (C=O) groups is 1. The van der Waals surface area contributed by atoms with Crippen LogP contribution in [0, 0.1) is 5.82 Å². The van der Waals surface area contributed by atoms with Gasteiger partial charge in [-0.05, 0) is 43.4 Å². The molecule has 1 unspecified atom stereocenters. The van der Waals surface area contributed by atoms with Gasteiger partial charge in [-0.1, -0.05) is 48.5 Å². The number of aliphatic carboxylic acids is 1. The van der Waals surface area contributed by atoms with E-state index in [9.17, 15) is 14.3 Å². The number of hydrogen-bond donors (Lipinski definition) is 2. The van der Waals surface area contributed by atoms with E-state index in [1.807, 2.05) is 43.3 Å². The highest BCUT2D eigenvalue weighted by Crippen LogP contribution is 2.11. The Morgan fingerprint density at radius 2 is 1.78 bits per heavy atom. The topological polar surface area (TPSA) is 49.3 Å². The Labute approximate surface area is 136 Å². The van der Waals surface area contributed by atoms with Gasteiger partial charge in [0.15, 0.2) is 0 Å². The molecule has 4 heteroatoms. The summed E-state index contributed by atoms with van der Waals surface area (Å²) in [5.74, 6) is -1.08. The van der Waals surface area contributed by atoms with Crippen LogP contribution in [0.5, 0.6) is 0 Å². The molecule has 0 saturated carbocycles. The molecule has 3 nitrogen and oxygen atoms in total. The first kappa shape index (κ1) is 17.2. The van der Waals surface area contributed by atoms with Crippen LogP contribution >= 0.6 is 0 Å². The summed E-state index contributed by atoms with van der Waals surface area (Å²) in [4.78, 5) is 11.4. The van der Waals surface area contributed by atoms with Gasteiger partial charge in [0.05, 0.1) is 0 Å². The lowest BCUT2D eigenvalue weighted by Gasteiger charge is -2.20. The average Bonchev–Trinajstić information content (AvgIpc) is 2.54. The third kappa shape index (κ3) is 5.49. The summed E-state index contributed by atoms with van der Waals surface area (Å²) in [5.41, 5.74) is 1.64. The average molecular weight is 315 g/mol. The van der Waals surface area contributed by atoms with Crippen LogP contribution in [0.4, 0.5) is 4.39 Å². The third-order valence-corrected chi connectivity index (χ3v) is 3.87. The minimum atomic E-state index is -0.869. The van der Waals surface area contributed by atoms with Gasteiger partial charge in [0.2, 0.25) is 0 Å². The molecule has 2 aromatic carbocycles. The molecule has 0 aliphatic heterocycles. The molecule has 0 aliphatic carbocycles. The molecule has 0 radical (unpaired) electrons. The van der Waals surface area contributed by atoms with Gasteiger partial charge in [-0.15, -0.1) is 0 Å². The Bertz CT molecular complexity index is 630. The van der Waals surface area contributed by atoms with Gasteiger partial charge >= 0.3 is 5.97 Å². The smallest absolute Gasteiger partial charge is 0.321 e. The van der Waals surface area contributed by atoms with Crippen LogP contribution in [-0.4, -0.2) is 23.2 Å². The number of benzene rings is 2. The van der Waals surface area contributed by atoms with Gasteiger partial charge in [0.1, 0.15) is 11.9 Å². The summed E-state index contributed by atoms with van der Waals surface area (Å²) in [7, 11) is 0. The van der Waals surface area contributed by atoms with Crippen molar-refractivity contribution in [1.82, 2.24) is 5.32 Å². The summed E-state index contributed by atoms with van der Waals surface area (Å²) in [5, 5.41) is 12.5. The van der Waals surface area contributed by atoms with Crippen molar-refractivity contribution in [1.29, 1.82) is 0 Å². The second kappa shape index (κ2) is 8.44. The Hall–Kier alpha value is -2.20. The number of hydrogen-bond acceptors (Lipinski definition) is 2. The molecular formula is C19H22FNO2. The van der Waals surface area contributed by atoms with Crippen molar-refractivity contribution in [2.75, 3.05) is 0 Å². The van der Waals surface area contributed by atoms with Gasteiger partial charge in [-0.2, -0.15) is 0 Å². The SMILES string of the molecule is CC(CCc1ccccc1F)N[C@H](Cc1ccccc1)C(=O)O. The predicted molar refractivity (Wildman–Crippen MR) is 88.9 cm³/mol. The van der Waals surface area contributed by atoms with Crippen molar-refractivity contribution in [2.24, 2.45) is 0 Å². The predicted octanol–water partition coefficient (Wildman–Crippen LogP) is 3.43. The molecule has 0 fully saturated rings. The molecule has 0 bridgehead atoms. The van der Waals surface area contributed by atoms with E-state index in [4.69, 9.17) is 0 Å². The molecule has 0 aliphatic rings. The van der Waals surface area contributed by atoms with E-state index in [1.165, 1.54) is 6.07 Å². The minimum absolute atomic E-state index is 0.0144. The number of rotatable bonds is 8. The van der Waals surface area contributed by atoms with Gasteiger partial charge in [-0.25, -0.2) is 4.39 Å². The van der Waals surface area contributed by atoms with E-state index < -0.39 is 12.0 Å². The molecular weight excluding hydrogens is 293 g/mol. The Kier molecular flexibility index (Phi) is 6.29. The Morgan fingerprint density at radius 3 is 2.43 bits per heavy atom. The second-order valence-corrected chi connectivity index (χ2v) is 5.78. The monoisotopic (exact) mass is 315 g/mol. The Morgan fingerprint density at radius 1 is 1.13 bits per heavy atom. The molecule has 0 aromatic heterocycles. The quantitative estimate of drug-likeness (QED) is 0.784. The summed E-state index contributed by atoms with van der Waals surface area (Å²) < 4.78 is 13.6. The van der Waals surface area contributed by atoms with Gasteiger partial charge in [-0.3, -0.25) is 4.79 Å². The van der Waals surface area contributed by atoms with E-state index in [1.54, 1.807) is 12.1 Å². The van der Waals surface area contributed by atoms with Gasteiger partial charge in [0, 0.05) is 6.04 Å². The lowest BCUT2D eigenvalue weighted by atomic mass is 10.0. The van der Waals surface area contributed by atoms with E-state index in [0.717, 1.165) is 5.56 Å². The molecule has 2 aromatic rings. The zero-order chi connectivity index (χ0) is 16.7. The van der Waals surface area contributed by atoms with Crippen LogP contribution in [-0.2, 0) is 17.6 Å². The first-order valence-electron chi connectivity index (χ1n) is 7.82. The first-order chi connectivity index (χ1) is 11.1. The highest BCUT2D eigenvalue weighted by atomic mass is 19.1. The van der Waals surface area contributed by atoms with Gasteiger partial charge < -0.3 is 10.4 Å². The lowest BCUT2D eigenvalue weighted by molar-refractivity contribution is -0.139. The van der Waals surface area contributed by atoms with Crippen LogP contribution in [0.15, 0.2) is 54.6 Å². The van der Waals surface area contributed by atoms with Crippen LogP contribution in [0.2, 0.25) is 0 Å². The number of carboxylic acid groups (broad SMARTS) is 1. The summed E-state index contributed by atoms with van der Waals surface area (Å²) in [6.45, 7) is 1.93. The lowest BCUT2D eigenvalue weighted by Crippen LogP contribution is -2.43. The maximum atomic E-state index is 13.6. The second-order valence-electron chi connectivity index (χ2n) is 5.78. The summed E-state index contributed by atoms with van der Waals surface area (Å²) >= 11 is 0. The molecule has 122 valence electrons. The van der Waals surface area contributed by atoms with Gasteiger partial charge in [0.25, 0.3) is 0 Å². The number of halogens is 1. The fourth-order valence-electron chi connectivity index (χ4n) is 2.57. The summed E-state index contributed by atoms with van der Waals surface area (Å²) in [6, 6.07) is 15.6.